The van der Waals surface area contributed by atoms with E-state index in [2.05, 4.69) is 44.7 Å². The summed E-state index contributed by atoms with van der Waals surface area (Å²) in [6.45, 7) is 11.6. The number of hydrogen-bond acceptors (Lipinski definition) is 2. The highest BCUT2D eigenvalue weighted by Gasteiger charge is 2.19. The van der Waals surface area contributed by atoms with E-state index in [0.29, 0.717) is 6.54 Å². The molecule has 0 aliphatic carbocycles. The van der Waals surface area contributed by atoms with Gasteiger partial charge in [-0.15, -0.1) is 0 Å². The van der Waals surface area contributed by atoms with Gasteiger partial charge >= 0.3 is 0 Å². The van der Waals surface area contributed by atoms with Crippen molar-refractivity contribution in [1.29, 1.82) is 0 Å². The molecule has 2 rings (SSSR count). The minimum atomic E-state index is 0.143. The second kappa shape index (κ2) is 6.09. The molecule has 0 unspecified atom stereocenters. The van der Waals surface area contributed by atoms with Crippen LogP contribution in [0.4, 0.5) is 0 Å². The first-order chi connectivity index (χ1) is 9.36. The zero-order chi connectivity index (χ0) is 14.8. The zero-order valence-electron chi connectivity index (χ0n) is 13.3. The van der Waals surface area contributed by atoms with Crippen LogP contribution >= 0.6 is 0 Å². The number of hydrogen-bond donors (Lipinski definition) is 0. The van der Waals surface area contributed by atoms with Crippen LogP contribution in [-0.4, -0.2) is 30.3 Å². The Labute approximate surface area is 123 Å². The number of benzene rings is 1. The van der Waals surface area contributed by atoms with Crippen molar-refractivity contribution < 1.29 is 4.79 Å². The van der Waals surface area contributed by atoms with Crippen molar-refractivity contribution >= 4 is 5.78 Å². The van der Waals surface area contributed by atoms with Crippen LogP contribution in [0.2, 0.25) is 0 Å². The van der Waals surface area contributed by atoms with Crippen LogP contribution in [0.1, 0.15) is 56.5 Å². The maximum absolute atomic E-state index is 12.3. The van der Waals surface area contributed by atoms with Gasteiger partial charge in [-0.1, -0.05) is 52.0 Å². The highest BCUT2D eigenvalue weighted by atomic mass is 16.1. The number of carbonyl (C=O) groups excluding carboxylic acids is 1. The second-order valence-corrected chi connectivity index (χ2v) is 7.21. The predicted octanol–water partition coefficient (Wildman–Crippen LogP) is 3.90. The fourth-order valence-corrected chi connectivity index (χ4v) is 2.67. The van der Waals surface area contributed by atoms with Crippen molar-refractivity contribution in [2.75, 3.05) is 19.6 Å². The topological polar surface area (TPSA) is 20.3 Å². The predicted molar refractivity (Wildman–Crippen MR) is 84.3 cm³/mol. The monoisotopic (exact) mass is 273 g/mol. The molecule has 1 aromatic rings. The molecule has 1 heterocycles. The Morgan fingerprint density at radius 1 is 1.15 bits per heavy atom. The molecule has 1 saturated heterocycles. The third-order valence-electron chi connectivity index (χ3n) is 4.32. The van der Waals surface area contributed by atoms with Crippen molar-refractivity contribution in [3.8, 4) is 0 Å². The van der Waals surface area contributed by atoms with Crippen LogP contribution < -0.4 is 0 Å². The fourth-order valence-electron chi connectivity index (χ4n) is 2.67. The van der Waals surface area contributed by atoms with Crippen LogP contribution in [-0.2, 0) is 5.41 Å². The molecule has 0 saturated carbocycles. The van der Waals surface area contributed by atoms with Gasteiger partial charge in [-0.25, -0.2) is 0 Å². The number of piperidine rings is 1. The Morgan fingerprint density at radius 2 is 1.70 bits per heavy atom. The molecule has 0 amide bonds. The standard InChI is InChI=1S/C18H27NO/c1-14-9-11-19(12-10-14)13-17(20)15-5-7-16(8-6-15)18(2,3)4/h5-8,14H,9-13H2,1-4H3. The normalized spacial score (nSPS) is 18.2. The number of nitrogens with zero attached hydrogens (tertiary/aromatic N) is 1. The second-order valence-electron chi connectivity index (χ2n) is 7.21. The summed E-state index contributed by atoms with van der Waals surface area (Å²) in [7, 11) is 0. The summed E-state index contributed by atoms with van der Waals surface area (Å²) in [5, 5.41) is 0. The minimum absolute atomic E-state index is 0.143. The van der Waals surface area contributed by atoms with E-state index in [1.165, 1.54) is 18.4 Å². The van der Waals surface area contributed by atoms with Gasteiger partial charge in [0.1, 0.15) is 0 Å². The van der Waals surface area contributed by atoms with E-state index < -0.39 is 0 Å². The molecule has 1 aliphatic rings. The van der Waals surface area contributed by atoms with Gasteiger partial charge in [-0.05, 0) is 42.8 Å². The highest BCUT2D eigenvalue weighted by Crippen LogP contribution is 2.22. The molecule has 2 heteroatoms. The van der Waals surface area contributed by atoms with E-state index in [0.717, 1.165) is 24.6 Å². The molecule has 0 spiro atoms. The van der Waals surface area contributed by atoms with Crippen LogP contribution in [0.5, 0.6) is 0 Å². The molecule has 0 radical (unpaired) electrons. The molecule has 20 heavy (non-hydrogen) atoms. The lowest BCUT2D eigenvalue weighted by Crippen LogP contribution is -2.36. The Balaban J connectivity index is 1.96. The summed E-state index contributed by atoms with van der Waals surface area (Å²) in [6, 6.07) is 8.14. The van der Waals surface area contributed by atoms with Gasteiger partial charge in [-0.3, -0.25) is 9.69 Å². The van der Waals surface area contributed by atoms with Gasteiger partial charge in [0.15, 0.2) is 5.78 Å². The van der Waals surface area contributed by atoms with Gasteiger partial charge in [0.05, 0.1) is 6.54 Å². The molecule has 0 atom stereocenters. The number of rotatable bonds is 3. The molecule has 1 aliphatic heterocycles. The third kappa shape index (κ3) is 3.92. The number of carbonyl (C=O) groups is 1. The summed E-state index contributed by atoms with van der Waals surface area (Å²) in [4.78, 5) is 14.6. The van der Waals surface area contributed by atoms with Gasteiger partial charge in [0, 0.05) is 5.56 Å². The lowest BCUT2D eigenvalue weighted by molar-refractivity contribution is 0.0900. The van der Waals surface area contributed by atoms with Gasteiger partial charge in [0.25, 0.3) is 0 Å². The van der Waals surface area contributed by atoms with Crippen molar-refractivity contribution in [2.24, 2.45) is 5.92 Å². The summed E-state index contributed by atoms with van der Waals surface area (Å²) in [5.74, 6) is 1.06. The Morgan fingerprint density at radius 3 is 2.20 bits per heavy atom. The average Bonchev–Trinajstić information content (AvgIpc) is 2.40. The van der Waals surface area contributed by atoms with Crippen molar-refractivity contribution in [2.45, 2.75) is 46.0 Å². The van der Waals surface area contributed by atoms with Crippen molar-refractivity contribution in [3.05, 3.63) is 35.4 Å². The van der Waals surface area contributed by atoms with Crippen LogP contribution in [0.3, 0.4) is 0 Å². The molecule has 110 valence electrons. The number of likely N-dealkylation sites (tertiary alicyclic amines) is 1. The maximum atomic E-state index is 12.3. The summed E-state index contributed by atoms with van der Waals surface area (Å²) >= 11 is 0. The first-order valence-corrected chi connectivity index (χ1v) is 7.72. The maximum Gasteiger partial charge on any atom is 0.176 e. The minimum Gasteiger partial charge on any atom is -0.296 e. The van der Waals surface area contributed by atoms with E-state index in [9.17, 15) is 4.79 Å². The first kappa shape index (κ1) is 15.2. The van der Waals surface area contributed by atoms with Gasteiger partial charge in [0.2, 0.25) is 0 Å². The van der Waals surface area contributed by atoms with E-state index in [1.54, 1.807) is 0 Å². The average molecular weight is 273 g/mol. The van der Waals surface area contributed by atoms with E-state index >= 15 is 0 Å². The van der Waals surface area contributed by atoms with Crippen LogP contribution in [0.25, 0.3) is 0 Å². The van der Waals surface area contributed by atoms with Crippen LogP contribution in [0.15, 0.2) is 24.3 Å². The lowest BCUT2D eigenvalue weighted by atomic mass is 9.86. The first-order valence-electron chi connectivity index (χ1n) is 7.72. The van der Waals surface area contributed by atoms with E-state index in [4.69, 9.17) is 0 Å². The highest BCUT2D eigenvalue weighted by molar-refractivity contribution is 5.97. The molecule has 1 fully saturated rings. The summed E-state index contributed by atoms with van der Waals surface area (Å²) < 4.78 is 0. The van der Waals surface area contributed by atoms with Gasteiger partial charge < -0.3 is 0 Å². The van der Waals surface area contributed by atoms with E-state index in [1.807, 2.05) is 12.1 Å². The molecule has 2 nitrogen and oxygen atoms in total. The SMILES string of the molecule is CC1CCN(CC(=O)c2ccc(C(C)(C)C)cc2)CC1. The molecule has 1 aromatic carbocycles. The largest absolute Gasteiger partial charge is 0.296 e. The third-order valence-corrected chi connectivity index (χ3v) is 4.32. The quantitative estimate of drug-likeness (QED) is 0.779. The number of ketones is 1. The molecular weight excluding hydrogens is 246 g/mol. The lowest BCUT2D eigenvalue weighted by Gasteiger charge is -2.29. The Hall–Kier alpha value is -1.15. The Kier molecular flexibility index (Phi) is 4.64. The van der Waals surface area contributed by atoms with Crippen molar-refractivity contribution in [3.63, 3.8) is 0 Å². The zero-order valence-corrected chi connectivity index (χ0v) is 13.3. The van der Waals surface area contributed by atoms with Crippen molar-refractivity contribution in [1.82, 2.24) is 4.90 Å². The van der Waals surface area contributed by atoms with Crippen LogP contribution in [0, 0.1) is 5.92 Å². The summed E-state index contributed by atoms with van der Waals surface area (Å²) in [5.41, 5.74) is 2.27. The molecular formula is C18H27NO. The van der Waals surface area contributed by atoms with Gasteiger partial charge in [-0.2, -0.15) is 0 Å². The fraction of sp³-hybridized carbons (Fsp3) is 0.611. The molecule has 0 aromatic heterocycles. The number of Topliss-reactive ketones (excluding diaryl/α,β-unsaturated/α-hetero) is 1. The Bertz CT molecular complexity index is 447. The smallest absolute Gasteiger partial charge is 0.176 e. The molecule has 0 N–H and O–H groups in total. The summed E-state index contributed by atoms with van der Waals surface area (Å²) in [6.07, 6.45) is 2.44. The molecule has 0 bridgehead atoms. The van der Waals surface area contributed by atoms with E-state index in [-0.39, 0.29) is 11.2 Å².